The Morgan fingerprint density at radius 3 is 2.74 bits per heavy atom. The summed E-state index contributed by atoms with van der Waals surface area (Å²) in [5.41, 5.74) is 0.327. The van der Waals surface area contributed by atoms with Crippen LogP contribution in [0.3, 0.4) is 0 Å². The summed E-state index contributed by atoms with van der Waals surface area (Å²) in [6.07, 6.45) is 4.57. The summed E-state index contributed by atoms with van der Waals surface area (Å²) in [5.74, 6) is 0.315. The van der Waals surface area contributed by atoms with E-state index in [0.717, 1.165) is 17.3 Å². The van der Waals surface area contributed by atoms with Gasteiger partial charge in [-0.05, 0) is 30.5 Å². The van der Waals surface area contributed by atoms with Crippen molar-refractivity contribution in [3.8, 4) is 5.75 Å². The molecule has 0 spiro atoms. The van der Waals surface area contributed by atoms with Gasteiger partial charge in [-0.1, -0.05) is 49.0 Å². The molecule has 0 aliphatic rings. The molecule has 0 saturated carbocycles. The summed E-state index contributed by atoms with van der Waals surface area (Å²) in [4.78, 5) is 12.0. The Hall–Kier alpha value is -1.03. The fourth-order valence-electron chi connectivity index (χ4n) is 1.97. The van der Waals surface area contributed by atoms with Crippen molar-refractivity contribution in [2.75, 3.05) is 6.54 Å². The molecule has 0 saturated heterocycles. The van der Waals surface area contributed by atoms with Gasteiger partial charge in [0.05, 0.1) is 5.56 Å². The maximum atomic E-state index is 12.0. The third-order valence-electron chi connectivity index (χ3n) is 3.30. The highest BCUT2D eigenvalue weighted by molar-refractivity contribution is 9.10. The highest BCUT2D eigenvalue weighted by atomic mass is 79.9. The van der Waals surface area contributed by atoms with E-state index >= 15 is 0 Å². The summed E-state index contributed by atoms with van der Waals surface area (Å²) in [6.45, 7) is 4.99. The van der Waals surface area contributed by atoms with Crippen LogP contribution in [0.25, 0.3) is 0 Å². The van der Waals surface area contributed by atoms with Gasteiger partial charge in [0.1, 0.15) is 5.75 Å². The predicted octanol–water partition coefficient (Wildman–Crippen LogP) is 4.10. The molecule has 0 aromatic heterocycles. The first-order valence-corrected chi connectivity index (χ1v) is 7.64. The van der Waals surface area contributed by atoms with Crippen LogP contribution in [0.2, 0.25) is 0 Å². The fraction of sp³-hybridized carbons (Fsp3) is 0.533. The Kier molecular flexibility index (Phi) is 6.92. The van der Waals surface area contributed by atoms with Crippen LogP contribution in [0.15, 0.2) is 22.7 Å². The molecule has 2 N–H and O–H groups in total. The first kappa shape index (κ1) is 16.0. The summed E-state index contributed by atoms with van der Waals surface area (Å²) in [5, 5.41) is 12.6. The number of phenols is 1. The van der Waals surface area contributed by atoms with Crippen LogP contribution in [0, 0.1) is 5.92 Å². The largest absolute Gasteiger partial charge is 0.507 e. The molecule has 106 valence electrons. The maximum Gasteiger partial charge on any atom is 0.255 e. The van der Waals surface area contributed by atoms with E-state index in [9.17, 15) is 9.90 Å². The normalized spacial score (nSPS) is 12.2. The van der Waals surface area contributed by atoms with Gasteiger partial charge in [-0.15, -0.1) is 0 Å². The molecule has 3 nitrogen and oxygen atoms in total. The van der Waals surface area contributed by atoms with Crippen LogP contribution >= 0.6 is 15.9 Å². The van der Waals surface area contributed by atoms with E-state index in [1.807, 2.05) is 0 Å². The number of nitrogens with one attached hydrogen (secondary N) is 1. The molecule has 1 atom stereocenters. The lowest BCUT2D eigenvalue weighted by molar-refractivity contribution is 0.0943. The Morgan fingerprint density at radius 1 is 1.42 bits per heavy atom. The minimum absolute atomic E-state index is 0.00785. The SMILES string of the molecule is CCCCC(CC)CNC(=O)c1ccc(Br)cc1O. The third kappa shape index (κ3) is 5.23. The lowest BCUT2D eigenvalue weighted by atomic mass is 9.99. The molecule has 0 bridgehead atoms. The molecule has 1 aromatic carbocycles. The number of aromatic hydroxyl groups is 1. The summed E-state index contributed by atoms with van der Waals surface area (Å²) < 4.78 is 0.760. The molecule has 1 aromatic rings. The second-order valence-corrected chi connectivity index (χ2v) is 5.70. The molecule has 1 rings (SSSR count). The van der Waals surface area contributed by atoms with E-state index in [0.29, 0.717) is 18.0 Å². The zero-order chi connectivity index (χ0) is 14.3. The van der Waals surface area contributed by atoms with Gasteiger partial charge in [0, 0.05) is 11.0 Å². The van der Waals surface area contributed by atoms with E-state index in [1.54, 1.807) is 12.1 Å². The van der Waals surface area contributed by atoms with Gasteiger partial charge >= 0.3 is 0 Å². The number of rotatable bonds is 7. The number of unbranched alkanes of at least 4 members (excludes halogenated alkanes) is 1. The van der Waals surface area contributed by atoms with Crippen molar-refractivity contribution in [1.29, 1.82) is 0 Å². The van der Waals surface area contributed by atoms with Crippen LogP contribution in [-0.2, 0) is 0 Å². The average Bonchev–Trinajstić information content (AvgIpc) is 2.38. The molecule has 1 unspecified atom stereocenters. The van der Waals surface area contributed by atoms with Crippen molar-refractivity contribution in [3.63, 3.8) is 0 Å². The minimum Gasteiger partial charge on any atom is -0.507 e. The van der Waals surface area contributed by atoms with Crippen LogP contribution < -0.4 is 5.32 Å². The molecule has 0 aliphatic carbocycles. The van der Waals surface area contributed by atoms with Crippen molar-refractivity contribution in [2.45, 2.75) is 39.5 Å². The number of amides is 1. The van der Waals surface area contributed by atoms with E-state index < -0.39 is 0 Å². The quantitative estimate of drug-likeness (QED) is 0.792. The Balaban J connectivity index is 2.54. The second-order valence-electron chi connectivity index (χ2n) is 4.79. The maximum absolute atomic E-state index is 12.0. The van der Waals surface area contributed by atoms with Gasteiger partial charge in [0.15, 0.2) is 0 Å². The zero-order valence-corrected chi connectivity index (χ0v) is 13.2. The third-order valence-corrected chi connectivity index (χ3v) is 3.79. The molecule has 0 aliphatic heterocycles. The van der Waals surface area contributed by atoms with Gasteiger partial charge in [0.2, 0.25) is 0 Å². The van der Waals surface area contributed by atoms with Crippen LogP contribution in [0.1, 0.15) is 49.9 Å². The standard InChI is InChI=1S/C15H22BrNO2/c1-3-5-6-11(4-2)10-17-15(19)13-8-7-12(16)9-14(13)18/h7-9,11,18H,3-6,10H2,1-2H3,(H,17,19). The molecule has 4 heteroatoms. The first-order chi connectivity index (χ1) is 9.08. The lowest BCUT2D eigenvalue weighted by Crippen LogP contribution is -2.29. The zero-order valence-electron chi connectivity index (χ0n) is 11.6. The number of hydrogen-bond donors (Lipinski definition) is 2. The van der Waals surface area contributed by atoms with Crippen molar-refractivity contribution >= 4 is 21.8 Å². The Labute approximate surface area is 123 Å². The molecular weight excluding hydrogens is 306 g/mol. The van der Waals surface area contributed by atoms with E-state index in [-0.39, 0.29) is 11.7 Å². The van der Waals surface area contributed by atoms with E-state index in [2.05, 4.69) is 35.1 Å². The topological polar surface area (TPSA) is 49.3 Å². The van der Waals surface area contributed by atoms with Crippen LogP contribution in [0.4, 0.5) is 0 Å². The molecule has 1 amide bonds. The van der Waals surface area contributed by atoms with E-state index in [1.165, 1.54) is 18.9 Å². The molecule has 0 radical (unpaired) electrons. The number of carbonyl (C=O) groups excluding carboxylic acids is 1. The summed E-state index contributed by atoms with van der Waals surface area (Å²) in [7, 11) is 0. The van der Waals surface area contributed by atoms with Gasteiger partial charge in [-0.2, -0.15) is 0 Å². The average molecular weight is 328 g/mol. The first-order valence-electron chi connectivity index (χ1n) is 6.85. The number of benzene rings is 1. The van der Waals surface area contributed by atoms with Crippen LogP contribution in [0.5, 0.6) is 5.75 Å². The fourth-order valence-corrected chi connectivity index (χ4v) is 2.32. The Bertz CT molecular complexity index is 421. The second kappa shape index (κ2) is 8.20. The highest BCUT2D eigenvalue weighted by Crippen LogP contribution is 2.22. The van der Waals surface area contributed by atoms with Crippen molar-refractivity contribution in [3.05, 3.63) is 28.2 Å². The van der Waals surface area contributed by atoms with Gasteiger partial charge in [-0.3, -0.25) is 4.79 Å². The molecular formula is C15H22BrNO2. The number of carbonyl (C=O) groups is 1. The van der Waals surface area contributed by atoms with Gasteiger partial charge < -0.3 is 10.4 Å². The molecule has 0 fully saturated rings. The summed E-state index contributed by atoms with van der Waals surface area (Å²) in [6, 6.07) is 4.91. The van der Waals surface area contributed by atoms with Gasteiger partial charge in [0.25, 0.3) is 5.91 Å². The number of halogens is 1. The van der Waals surface area contributed by atoms with Crippen LogP contribution in [-0.4, -0.2) is 17.6 Å². The highest BCUT2D eigenvalue weighted by Gasteiger charge is 2.13. The van der Waals surface area contributed by atoms with Crippen molar-refractivity contribution in [2.24, 2.45) is 5.92 Å². The van der Waals surface area contributed by atoms with E-state index in [4.69, 9.17) is 0 Å². The number of hydrogen-bond acceptors (Lipinski definition) is 2. The predicted molar refractivity (Wildman–Crippen MR) is 81.4 cm³/mol. The van der Waals surface area contributed by atoms with Crippen molar-refractivity contribution < 1.29 is 9.90 Å². The lowest BCUT2D eigenvalue weighted by Gasteiger charge is -2.15. The number of phenolic OH excluding ortho intramolecular Hbond substituents is 1. The molecule has 0 heterocycles. The van der Waals surface area contributed by atoms with Crippen molar-refractivity contribution in [1.82, 2.24) is 5.32 Å². The summed E-state index contributed by atoms with van der Waals surface area (Å²) >= 11 is 3.26. The monoisotopic (exact) mass is 327 g/mol. The smallest absolute Gasteiger partial charge is 0.255 e. The van der Waals surface area contributed by atoms with Gasteiger partial charge in [-0.25, -0.2) is 0 Å². The minimum atomic E-state index is -0.208. The molecule has 19 heavy (non-hydrogen) atoms. The Morgan fingerprint density at radius 2 is 2.16 bits per heavy atom.